The molecule has 65 heavy (non-hydrogen) atoms. The second-order valence-electron chi connectivity index (χ2n) is 19.3. The fourth-order valence-electron chi connectivity index (χ4n) is 9.90. The van der Waals surface area contributed by atoms with Crippen LogP contribution in [0.5, 0.6) is 0 Å². The van der Waals surface area contributed by atoms with Gasteiger partial charge in [-0.05, 0) is 118 Å². The summed E-state index contributed by atoms with van der Waals surface area (Å²) in [6, 6.07) is -1.31. The molecule has 1 aliphatic carbocycles. The predicted octanol–water partition coefficient (Wildman–Crippen LogP) is 7.17. The topological polar surface area (TPSA) is 178 Å². The van der Waals surface area contributed by atoms with Gasteiger partial charge in [0.2, 0.25) is 5.79 Å². The fourth-order valence-corrected chi connectivity index (χ4v) is 9.90. The van der Waals surface area contributed by atoms with Gasteiger partial charge in [-0.2, -0.15) is 0 Å². The van der Waals surface area contributed by atoms with Crippen molar-refractivity contribution in [3.05, 3.63) is 59.8 Å². The maximum Gasteiger partial charge on any atom is 0.329 e. The summed E-state index contributed by atoms with van der Waals surface area (Å²) in [7, 11) is 0.120. The van der Waals surface area contributed by atoms with Crippen LogP contribution in [-0.4, -0.2) is 126 Å². The second kappa shape index (κ2) is 25.2. The first-order valence-corrected chi connectivity index (χ1v) is 23.6. The van der Waals surface area contributed by atoms with Crippen molar-refractivity contribution in [1.82, 2.24) is 4.90 Å². The van der Waals surface area contributed by atoms with Crippen molar-refractivity contribution in [3.63, 3.8) is 0 Å². The number of carbonyl (C=O) groups excluding carboxylic acids is 4. The number of hydrogen-bond donors (Lipinski definition) is 3. The lowest BCUT2D eigenvalue weighted by Crippen LogP contribution is -2.61. The van der Waals surface area contributed by atoms with E-state index in [-0.39, 0.29) is 49.1 Å². The molecule has 0 unspecified atom stereocenters. The Morgan fingerprint density at radius 3 is 2.38 bits per heavy atom. The highest BCUT2D eigenvalue weighted by atomic mass is 16.6. The molecule has 0 aromatic heterocycles. The SMILES string of the molecule is [2H]C([2H])([2H])O[C@H]1C[C@@H]2CC[C@@H](C)[C@@](O)(O2)C(=O)C(=O)N2CCCC[C@H]2C(=O)O[C@H]([C@H](C)C[C@@H]2CC[C@@H](O)[C@H](OC)C2)CC(=O)[C@H](C([2H])([2H])[2H])/C=C(\C)[C@@H](O)[C@@H](OC)C(=C)[C@H](C)C[C@H](C)/C=C/C=CC=C1C. The van der Waals surface area contributed by atoms with Crippen LogP contribution in [0.15, 0.2) is 59.8 Å². The molecule has 3 heterocycles. The smallest absolute Gasteiger partial charge is 0.329 e. The van der Waals surface area contributed by atoms with Crippen LogP contribution in [0.1, 0.15) is 134 Å². The second-order valence-corrected chi connectivity index (χ2v) is 19.3. The Morgan fingerprint density at radius 1 is 0.938 bits per heavy atom. The third kappa shape index (κ3) is 14.4. The van der Waals surface area contributed by atoms with E-state index in [1.165, 1.54) is 27.2 Å². The summed E-state index contributed by atoms with van der Waals surface area (Å²) < 4.78 is 78.2. The summed E-state index contributed by atoms with van der Waals surface area (Å²) in [4.78, 5) is 58.7. The van der Waals surface area contributed by atoms with E-state index >= 15 is 0 Å². The Kier molecular flexibility index (Phi) is 17.6. The number of piperidine rings is 1. The Labute approximate surface area is 397 Å². The molecule has 13 nitrogen and oxygen atoms in total. The highest BCUT2D eigenvalue weighted by molar-refractivity contribution is 6.39. The molecule has 2 bridgehead atoms. The van der Waals surface area contributed by atoms with Gasteiger partial charge in [-0.1, -0.05) is 77.6 Å². The van der Waals surface area contributed by atoms with Crippen LogP contribution in [0.4, 0.5) is 0 Å². The highest BCUT2D eigenvalue weighted by Crippen LogP contribution is 2.38. The van der Waals surface area contributed by atoms with Gasteiger partial charge >= 0.3 is 5.97 Å². The van der Waals surface area contributed by atoms with E-state index in [1.807, 2.05) is 26.0 Å². The number of aliphatic hydroxyl groups is 3. The van der Waals surface area contributed by atoms with Gasteiger partial charge in [-0.25, -0.2) is 4.79 Å². The predicted molar refractivity (Wildman–Crippen MR) is 249 cm³/mol. The fraction of sp³-hybridized carbons (Fsp3) is 0.731. The van der Waals surface area contributed by atoms with Crippen molar-refractivity contribution >= 4 is 23.4 Å². The monoisotopic (exact) mass is 918 g/mol. The zero-order valence-electron chi connectivity index (χ0n) is 45.9. The van der Waals surface area contributed by atoms with Crippen molar-refractivity contribution < 1.29 is 66.4 Å². The Hall–Kier alpha value is -3.30. The van der Waals surface area contributed by atoms with Crippen LogP contribution in [-0.2, 0) is 42.9 Å². The lowest BCUT2D eigenvalue weighted by atomic mass is 9.78. The molecule has 0 radical (unpaired) electrons. The van der Waals surface area contributed by atoms with E-state index in [9.17, 15) is 34.5 Å². The number of nitrogens with zero attached hydrogens (tertiary/aromatic N) is 1. The number of methoxy groups -OCH3 is 3. The van der Waals surface area contributed by atoms with Crippen LogP contribution in [0.25, 0.3) is 0 Å². The van der Waals surface area contributed by atoms with Gasteiger partial charge in [0.05, 0.1) is 28.5 Å². The molecule has 15 atom stereocenters. The summed E-state index contributed by atoms with van der Waals surface area (Å²) in [6.07, 6.45) is 7.16. The van der Waals surface area contributed by atoms with E-state index in [2.05, 4.69) is 6.58 Å². The van der Waals surface area contributed by atoms with Crippen LogP contribution in [0, 0.1) is 35.5 Å². The molecule has 1 amide bonds. The molecule has 13 heteroatoms. The number of carbonyl (C=O) groups is 4. The lowest BCUT2D eigenvalue weighted by Gasteiger charge is -2.42. The number of hydrogen-bond acceptors (Lipinski definition) is 12. The quantitative estimate of drug-likeness (QED) is 0.139. The average molecular weight is 918 g/mol. The minimum atomic E-state index is -2.88. The molecule has 0 aromatic carbocycles. The number of ether oxygens (including phenoxy) is 5. The maximum absolute atomic E-state index is 14.5. The molecule has 2 saturated heterocycles. The molecule has 3 fully saturated rings. The van der Waals surface area contributed by atoms with Crippen LogP contribution in [0.2, 0.25) is 0 Å². The van der Waals surface area contributed by atoms with Gasteiger partial charge in [-0.3, -0.25) is 14.4 Å². The number of esters is 1. The first-order chi connectivity index (χ1) is 33.1. The zero-order valence-corrected chi connectivity index (χ0v) is 39.9. The summed E-state index contributed by atoms with van der Waals surface area (Å²) in [6.45, 7) is 11.8. The standard InChI is InChI=1S/C52H81NO12/c1-31-17-13-12-14-18-32(2)44(61-9)29-40-22-20-37(7)52(60,65-40)49(57)50(58)53-24-16-15-19-41(53)51(59)64-45(35(5)27-39-21-23-42(54)46(28-39)62-10)30-43(55)34(4)26-36(6)47(56)48(63-11)38(8)33(3)25-31/h12-14,17-18,26,31,33-35,37,39-42,44-48,54,56,60H,8,15-16,19-25,27-30H2,1-7,9-11H3/b14-12?,17-13+,32-18?,36-26+/t31-,33-,34-,35-,37-,39+,40+,41+,42-,44+,45+,46-,47-,48+,52-/m1/s1/i4D3,9D3. The number of rotatable bonds is 6. The number of Topliss-reactive ketones (excluding diaryl/α,β-unsaturated/α-hetero) is 2. The summed E-state index contributed by atoms with van der Waals surface area (Å²) in [5.41, 5.74) is 1.25. The van der Waals surface area contributed by atoms with Crippen molar-refractivity contribution in [1.29, 1.82) is 0 Å². The molecule has 3 N–H and O–H groups in total. The van der Waals surface area contributed by atoms with Gasteiger partial charge in [0.25, 0.3) is 11.7 Å². The third-order valence-corrected chi connectivity index (χ3v) is 14.3. The van der Waals surface area contributed by atoms with Crippen molar-refractivity contribution in [2.45, 2.75) is 180 Å². The van der Waals surface area contributed by atoms with Crippen molar-refractivity contribution in [2.24, 2.45) is 35.5 Å². The Balaban J connectivity index is 1.79. The minimum absolute atomic E-state index is 0.0125. The molecule has 366 valence electrons. The van der Waals surface area contributed by atoms with Crippen LogP contribution >= 0.6 is 0 Å². The van der Waals surface area contributed by atoms with E-state index in [0.717, 1.165) is 4.90 Å². The minimum Gasteiger partial charge on any atom is -0.460 e. The molecule has 4 rings (SSSR count). The summed E-state index contributed by atoms with van der Waals surface area (Å²) >= 11 is 0. The molecular weight excluding hydrogens is 831 g/mol. The molecule has 0 spiro atoms. The van der Waals surface area contributed by atoms with E-state index in [1.54, 1.807) is 39.0 Å². The van der Waals surface area contributed by atoms with Gasteiger partial charge in [0.15, 0.2) is 0 Å². The van der Waals surface area contributed by atoms with Gasteiger partial charge in [0, 0.05) is 56.6 Å². The third-order valence-electron chi connectivity index (χ3n) is 14.3. The first-order valence-electron chi connectivity index (χ1n) is 26.6. The largest absolute Gasteiger partial charge is 0.460 e. The van der Waals surface area contributed by atoms with Gasteiger partial charge in [0.1, 0.15) is 30.1 Å². The number of allylic oxidation sites excluding steroid dienone is 6. The number of amides is 1. The normalized spacial score (nSPS) is 40.9. The molecule has 0 aromatic rings. The average Bonchev–Trinajstić information content (AvgIpc) is 3.30. The Morgan fingerprint density at radius 2 is 1.69 bits per heavy atom. The Bertz CT molecular complexity index is 1970. The molecular formula is C52H81NO12. The lowest BCUT2D eigenvalue weighted by molar-refractivity contribution is -0.265. The first kappa shape index (κ1) is 45.5. The summed E-state index contributed by atoms with van der Waals surface area (Å²) in [5.74, 6) is -10.1. The number of ketones is 2. The van der Waals surface area contributed by atoms with Gasteiger partial charge < -0.3 is 43.9 Å². The molecule has 1 saturated carbocycles. The number of aliphatic hydroxyl groups excluding tert-OH is 2. The number of fused-ring (bicyclic) bond motifs is 3. The molecule has 4 aliphatic rings. The van der Waals surface area contributed by atoms with E-state index < -0.39 is 116 Å². The van der Waals surface area contributed by atoms with Crippen molar-refractivity contribution in [3.8, 4) is 0 Å². The van der Waals surface area contributed by atoms with Crippen molar-refractivity contribution in [2.75, 3.05) is 27.8 Å². The van der Waals surface area contributed by atoms with E-state index in [0.29, 0.717) is 62.5 Å². The molecule has 3 aliphatic heterocycles. The number of cyclic esters (lactones) is 1. The zero-order chi connectivity index (χ0) is 53.2. The van der Waals surface area contributed by atoms with Crippen LogP contribution in [0.3, 0.4) is 0 Å². The highest BCUT2D eigenvalue weighted by Gasteiger charge is 2.53. The van der Waals surface area contributed by atoms with E-state index in [4.69, 9.17) is 31.9 Å². The summed E-state index contributed by atoms with van der Waals surface area (Å²) in [5, 5.41) is 34.2. The maximum atomic E-state index is 14.5. The van der Waals surface area contributed by atoms with Gasteiger partial charge in [-0.15, -0.1) is 0 Å². The van der Waals surface area contributed by atoms with Crippen LogP contribution < -0.4 is 0 Å².